The topological polar surface area (TPSA) is 102 Å². The Kier molecular flexibility index (Phi) is 13.2. The van der Waals surface area contributed by atoms with Gasteiger partial charge in [0.1, 0.15) is 0 Å². The maximum absolute atomic E-state index is 14.6. The van der Waals surface area contributed by atoms with E-state index in [-0.39, 0.29) is 60.1 Å². The molecule has 8 nitrogen and oxygen atoms in total. The molecule has 1 N–H and O–H groups in total. The molecule has 248 valence electrons. The van der Waals surface area contributed by atoms with E-state index in [1.165, 1.54) is 10.4 Å². The number of amides is 1. The SMILES string of the molecule is CCOC(=O)/C=C/C[C@]1(C(=O)NCc2ccccc2)CN(S(=O)(=O)c2ccc(Br)cc2)CC[C@H]1O[Si](C(C)C)(C(C)C)C(C)C. The first-order valence-electron chi connectivity index (χ1n) is 15.8. The van der Waals surface area contributed by atoms with Gasteiger partial charge in [-0.15, -0.1) is 0 Å². The predicted octanol–water partition coefficient (Wildman–Crippen LogP) is 7.22. The van der Waals surface area contributed by atoms with Gasteiger partial charge in [0.15, 0.2) is 0 Å². The van der Waals surface area contributed by atoms with Gasteiger partial charge in [0.05, 0.1) is 23.0 Å². The Bertz CT molecular complexity index is 1390. The molecule has 1 aliphatic heterocycles. The fourth-order valence-corrected chi connectivity index (χ4v) is 14.3. The van der Waals surface area contributed by atoms with Crippen LogP contribution in [0.3, 0.4) is 0 Å². The molecule has 0 saturated carbocycles. The number of carbonyl (C=O) groups is 2. The van der Waals surface area contributed by atoms with Crippen LogP contribution in [-0.4, -0.2) is 58.7 Å². The normalized spacial score (nSPS) is 19.8. The average Bonchev–Trinajstić information content (AvgIpc) is 2.99. The second kappa shape index (κ2) is 16.0. The molecular weight excluding hydrogens is 672 g/mol. The van der Waals surface area contributed by atoms with E-state index in [1.807, 2.05) is 30.3 Å². The number of ether oxygens (including phenoxy) is 1. The number of allylic oxidation sites excluding steroid dienone is 1. The highest BCUT2D eigenvalue weighted by Crippen LogP contribution is 2.48. The van der Waals surface area contributed by atoms with E-state index >= 15 is 0 Å². The van der Waals surface area contributed by atoms with Crippen LogP contribution in [0.4, 0.5) is 0 Å². The lowest BCUT2D eigenvalue weighted by atomic mass is 9.74. The molecule has 45 heavy (non-hydrogen) atoms. The molecule has 1 fully saturated rings. The lowest BCUT2D eigenvalue weighted by Crippen LogP contribution is -2.64. The molecule has 1 amide bonds. The number of carbonyl (C=O) groups excluding carboxylic acids is 2. The predicted molar refractivity (Wildman–Crippen MR) is 185 cm³/mol. The molecule has 2 aromatic rings. The van der Waals surface area contributed by atoms with Crippen molar-refractivity contribution in [2.24, 2.45) is 5.41 Å². The number of sulfonamides is 1. The molecular formula is C34H49BrN2O6SSi. The molecule has 0 aromatic heterocycles. The minimum absolute atomic E-state index is 0.0946. The maximum atomic E-state index is 14.6. The van der Waals surface area contributed by atoms with E-state index in [4.69, 9.17) is 9.16 Å². The first-order valence-corrected chi connectivity index (χ1v) is 20.2. The zero-order valence-corrected chi connectivity index (χ0v) is 31.0. The van der Waals surface area contributed by atoms with Crippen molar-refractivity contribution in [2.75, 3.05) is 19.7 Å². The van der Waals surface area contributed by atoms with Crippen LogP contribution in [0, 0.1) is 5.41 Å². The second-order valence-electron chi connectivity index (χ2n) is 12.7. The van der Waals surface area contributed by atoms with Crippen LogP contribution >= 0.6 is 15.9 Å². The molecule has 1 aliphatic rings. The first-order chi connectivity index (χ1) is 21.2. The summed E-state index contributed by atoms with van der Waals surface area (Å²) in [5.74, 6) is -0.819. The van der Waals surface area contributed by atoms with Crippen molar-refractivity contribution < 1.29 is 27.2 Å². The second-order valence-corrected chi connectivity index (χ2v) is 20.9. The van der Waals surface area contributed by atoms with E-state index in [0.717, 1.165) is 10.0 Å². The van der Waals surface area contributed by atoms with Gasteiger partial charge < -0.3 is 14.5 Å². The Labute approximate surface area is 279 Å². The molecule has 0 unspecified atom stereocenters. The quantitative estimate of drug-likeness (QED) is 0.126. The van der Waals surface area contributed by atoms with Crippen molar-refractivity contribution in [3.8, 4) is 0 Å². The summed E-state index contributed by atoms with van der Waals surface area (Å²) >= 11 is 3.38. The van der Waals surface area contributed by atoms with E-state index in [2.05, 4.69) is 62.8 Å². The van der Waals surface area contributed by atoms with Gasteiger partial charge in [-0.25, -0.2) is 13.2 Å². The van der Waals surface area contributed by atoms with Crippen molar-refractivity contribution in [3.05, 3.63) is 76.8 Å². The summed E-state index contributed by atoms with van der Waals surface area (Å²) in [5, 5.41) is 3.11. The number of nitrogens with one attached hydrogen (secondary N) is 1. The zero-order chi connectivity index (χ0) is 33.4. The third-order valence-corrected chi connectivity index (χ3v) is 17.5. The number of halogens is 1. The van der Waals surface area contributed by atoms with Crippen LogP contribution in [0.2, 0.25) is 16.6 Å². The Balaban J connectivity index is 2.16. The van der Waals surface area contributed by atoms with Crippen molar-refractivity contribution in [2.45, 2.75) is 95.5 Å². The summed E-state index contributed by atoms with van der Waals surface area (Å²) in [6.45, 7) is 15.5. The molecule has 1 heterocycles. The van der Waals surface area contributed by atoms with Crippen LogP contribution in [-0.2, 0) is 35.3 Å². The van der Waals surface area contributed by atoms with Crippen LogP contribution in [0.25, 0.3) is 0 Å². The Morgan fingerprint density at radius 2 is 1.62 bits per heavy atom. The summed E-state index contributed by atoms with van der Waals surface area (Å²) in [7, 11) is -6.46. The summed E-state index contributed by atoms with van der Waals surface area (Å²) in [4.78, 5) is 27.1. The third kappa shape index (κ3) is 8.54. The van der Waals surface area contributed by atoms with E-state index in [9.17, 15) is 18.0 Å². The summed E-state index contributed by atoms with van der Waals surface area (Å²) in [5.41, 5.74) is 0.368. The minimum atomic E-state index is -3.94. The Morgan fingerprint density at radius 1 is 1.02 bits per heavy atom. The smallest absolute Gasteiger partial charge is 0.330 e. The number of nitrogens with zero attached hydrogens (tertiary/aromatic N) is 1. The lowest BCUT2D eigenvalue weighted by Gasteiger charge is -2.52. The standard InChI is InChI=1S/C34H49BrN2O6SSi/c1-8-42-32(38)15-12-21-34(33(39)36-23-28-13-10-9-11-14-28)24-37(44(40,41)30-18-16-29(35)17-19-30)22-20-31(34)43-45(25(2)3,26(4)5)27(6)7/h9-19,25-27,31H,8,20-24H2,1-7H3,(H,36,39)/b15-12+/t31-,34+/m1/s1. The van der Waals surface area contributed by atoms with Gasteiger partial charge in [0, 0.05) is 30.2 Å². The number of piperidine rings is 1. The number of hydrogen-bond acceptors (Lipinski definition) is 6. The van der Waals surface area contributed by atoms with Crippen LogP contribution < -0.4 is 5.32 Å². The highest BCUT2D eigenvalue weighted by molar-refractivity contribution is 9.10. The summed E-state index contributed by atoms with van der Waals surface area (Å²) < 4.78 is 42.7. The molecule has 0 bridgehead atoms. The van der Waals surface area contributed by atoms with E-state index in [1.54, 1.807) is 37.3 Å². The van der Waals surface area contributed by atoms with Gasteiger partial charge in [-0.1, -0.05) is 93.9 Å². The molecule has 11 heteroatoms. The Morgan fingerprint density at radius 3 is 2.18 bits per heavy atom. The monoisotopic (exact) mass is 720 g/mol. The van der Waals surface area contributed by atoms with Gasteiger partial charge in [0.2, 0.25) is 24.2 Å². The van der Waals surface area contributed by atoms with Crippen LogP contribution in [0.1, 0.15) is 66.9 Å². The van der Waals surface area contributed by atoms with Crippen LogP contribution in [0.15, 0.2) is 76.1 Å². The van der Waals surface area contributed by atoms with Crippen molar-refractivity contribution in [3.63, 3.8) is 0 Å². The number of hydrogen-bond donors (Lipinski definition) is 1. The number of rotatable bonds is 14. The van der Waals surface area contributed by atoms with E-state index < -0.39 is 35.8 Å². The van der Waals surface area contributed by atoms with Crippen LogP contribution in [0.5, 0.6) is 0 Å². The molecule has 0 spiro atoms. The highest BCUT2D eigenvalue weighted by atomic mass is 79.9. The molecule has 0 aliphatic carbocycles. The lowest BCUT2D eigenvalue weighted by molar-refractivity contribution is -0.142. The fraction of sp³-hybridized carbons (Fsp3) is 0.529. The van der Waals surface area contributed by atoms with Crippen molar-refractivity contribution in [1.82, 2.24) is 9.62 Å². The van der Waals surface area contributed by atoms with Gasteiger partial charge >= 0.3 is 5.97 Å². The Hall–Kier alpha value is -2.31. The molecule has 2 atom stereocenters. The van der Waals surface area contributed by atoms with Crippen molar-refractivity contribution in [1.29, 1.82) is 0 Å². The first kappa shape index (κ1) is 37.1. The molecule has 0 radical (unpaired) electrons. The van der Waals surface area contributed by atoms with Gasteiger partial charge in [0.25, 0.3) is 0 Å². The zero-order valence-electron chi connectivity index (χ0n) is 27.6. The average molecular weight is 722 g/mol. The molecule has 2 aromatic carbocycles. The maximum Gasteiger partial charge on any atom is 0.330 e. The largest absolute Gasteiger partial charge is 0.463 e. The van der Waals surface area contributed by atoms with Crippen molar-refractivity contribution >= 4 is 46.1 Å². The fourth-order valence-electron chi connectivity index (χ4n) is 6.84. The van der Waals surface area contributed by atoms with Gasteiger partial charge in [-0.3, -0.25) is 4.79 Å². The third-order valence-electron chi connectivity index (χ3n) is 8.99. The van der Waals surface area contributed by atoms with Gasteiger partial charge in [-0.05, 0) is 66.2 Å². The molecule has 1 saturated heterocycles. The highest BCUT2D eigenvalue weighted by Gasteiger charge is 2.56. The minimum Gasteiger partial charge on any atom is -0.463 e. The summed E-state index contributed by atoms with van der Waals surface area (Å²) in [6.07, 6.45) is 2.82. The van der Waals surface area contributed by atoms with Gasteiger partial charge in [-0.2, -0.15) is 4.31 Å². The number of esters is 1. The van der Waals surface area contributed by atoms with E-state index in [0.29, 0.717) is 6.42 Å². The summed E-state index contributed by atoms with van der Waals surface area (Å²) in [6, 6.07) is 16.1. The molecule has 3 rings (SSSR count). The number of benzene rings is 2.